The predicted molar refractivity (Wildman–Crippen MR) is 116 cm³/mol. The third-order valence-electron chi connectivity index (χ3n) is 4.34. The van der Waals surface area contributed by atoms with E-state index in [4.69, 9.17) is 9.47 Å². The zero-order valence-corrected chi connectivity index (χ0v) is 18.8. The van der Waals surface area contributed by atoms with Crippen LogP contribution in [0.4, 0.5) is 0 Å². The van der Waals surface area contributed by atoms with E-state index in [0.29, 0.717) is 36.8 Å². The highest BCUT2D eigenvalue weighted by Crippen LogP contribution is 2.34. The van der Waals surface area contributed by atoms with Crippen LogP contribution in [0.25, 0.3) is 0 Å². The van der Waals surface area contributed by atoms with Gasteiger partial charge in [-0.25, -0.2) is 0 Å². The second-order valence-electron chi connectivity index (χ2n) is 6.46. The fraction of sp³-hybridized carbons (Fsp3) is 0.364. The van der Waals surface area contributed by atoms with Crippen molar-refractivity contribution in [2.75, 3.05) is 27.3 Å². The molecular weight excluding hydrogens is 436 g/mol. The van der Waals surface area contributed by atoms with Crippen molar-refractivity contribution in [1.82, 2.24) is 10.2 Å². The molecule has 156 valence electrons. The van der Waals surface area contributed by atoms with Gasteiger partial charge in [-0.15, -0.1) is 0 Å². The Labute approximate surface area is 180 Å². The summed E-state index contributed by atoms with van der Waals surface area (Å²) >= 11 is 3.53. The molecule has 0 aromatic heterocycles. The lowest BCUT2D eigenvalue weighted by Gasteiger charge is -2.19. The van der Waals surface area contributed by atoms with Crippen LogP contribution in [-0.2, 0) is 17.8 Å². The average Bonchev–Trinajstić information content (AvgIpc) is 2.71. The molecule has 29 heavy (non-hydrogen) atoms. The summed E-state index contributed by atoms with van der Waals surface area (Å²) in [6.07, 6.45) is 0.236. The maximum atomic E-state index is 12.7. The van der Waals surface area contributed by atoms with Gasteiger partial charge in [0.05, 0.1) is 19.6 Å². The molecule has 1 N–H and O–H groups in total. The normalized spacial score (nSPS) is 10.4. The van der Waals surface area contributed by atoms with E-state index in [1.165, 1.54) is 0 Å². The second kappa shape index (κ2) is 10.9. The van der Waals surface area contributed by atoms with Crippen LogP contribution in [-0.4, -0.2) is 44.0 Å². The van der Waals surface area contributed by atoms with E-state index in [2.05, 4.69) is 21.2 Å². The van der Waals surface area contributed by atoms with Crippen molar-refractivity contribution >= 4 is 27.7 Å². The van der Waals surface area contributed by atoms with E-state index >= 15 is 0 Å². The highest BCUT2D eigenvalue weighted by atomic mass is 79.9. The molecule has 0 atom stereocenters. The van der Waals surface area contributed by atoms with Crippen LogP contribution in [0.15, 0.2) is 40.9 Å². The zero-order chi connectivity index (χ0) is 21.4. The summed E-state index contributed by atoms with van der Waals surface area (Å²) in [6, 6.07) is 10.9. The lowest BCUT2D eigenvalue weighted by molar-refractivity contribution is -0.129. The maximum Gasteiger partial charge on any atom is 0.251 e. The number of rotatable bonds is 9. The molecule has 2 aromatic rings. The maximum absolute atomic E-state index is 12.7. The van der Waals surface area contributed by atoms with Crippen LogP contribution in [0, 0.1) is 0 Å². The highest BCUT2D eigenvalue weighted by Gasteiger charge is 2.16. The minimum absolute atomic E-state index is 0.0207. The number of nitrogens with one attached hydrogen (secondary N) is 1. The fourth-order valence-electron chi connectivity index (χ4n) is 2.82. The van der Waals surface area contributed by atoms with Gasteiger partial charge in [0.2, 0.25) is 5.91 Å². The number of halogens is 1. The Morgan fingerprint density at radius 2 is 1.62 bits per heavy atom. The van der Waals surface area contributed by atoms with Crippen molar-refractivity contribution in [2.24, 2.45) is 0 Å². The van der Waals surface area contributed by atoms with Crippen molar-refractivity contribution in [3.63, 3.8) is 0 Å². The van der Waals surface area contributed by atoms with Crippen LogP contribution in [0.2, 0.25) is 0 Å². The van der Waals surface area contributed by atoms with Gasteiger partial charge in [-0.2, -0.15) is 0 Å². The van der Waals surface area contributed by atoms with E-state index in [-0.39, 0.29) is 18.2 Å². The number of hydrogen-bond donors (Lipinski definition) is 1. The monoisotopic (exact) mass is 462 g/mol. The Hall–Kier alpha value is -2.54. The van der Waals surface area contributed by atoms with Gasteiger partial charge < -0.3 is 19.7 Å². The first kappa shape index (κ1) is 22.7. The molecule has 6 nitrogen and oxygen atoms in total. The Balaban J connectivity index is 2.08. The lowest BCUT2D eigenvalue weighted by Crippen LogP contribution is -2.28. The Bertz CT molecular complexity index is 853. The van der Waals surface area contributed by atoms with Gasteiger partial charge in [-0.05, 0) is 49.2 Å². The third kappa shape index (κ3) is 6.22. The summed E-state index contributed by atoms with van der Waals surface area (Å²) < 4.78 is 12.1. The molecule has 0 saturated heterocycles. The quantitative estimate of drug-likeness (QED) is 0.614. The van der Waals surface area contributed by atoms with Crippen LogP contribution >= 0.6 is 15.9 Å². The van der Waals surface area contributed by atoms with E-state index in [1.54, 1.807) is 31.1 Å². The number of carbonyl (C=O) groups is 2. The van der Waals surface area contributed by atoms with E-state index in [9.17, 15) is 9.59 Å². The summed E-state index contributed by atoms with van der Waals surface area (Å²) in [5.74, 6) is 1.13. The van der Waals surface area contributed by atoms with E-state index in [0.717, 1.165) is 15.6 Å². The van der Waals surface area contributed by atoms with Crippen LogP contribution in [0.5, 0.6) is 11.5 Å². The molecule has 0 aliphatic heterocycles. The Morgan fingerprint density at radius 1 is 1.03 bits per heavy atom. The average molecular weight is 463 g/mol. The molecule has 0 heterocycles. The number of benzene rings is 2. The summed E-state index contributed by atoms with van der Waals surface area (Å²) in [5, 5.41) is 2.59. The molecule has 0 spiro atoms. The smallest absolute Gasteiger partial charge is 0.251 e. The van der Waals surface area contributed by atoms with Crippen LogP contribution in [0.3, 0.4) is 0 Å². The number of likely N-dealkylation sites (N-methyl/N-ethyl adjacent to an activating group) is 1. The van der Waals surface area contributed by atoms with Gasteiger partial charge in [0, 0.05) is 30.7 Å². The molecule has 0 unspecified atom stereocenters. The van der Waals surface area contributed by atoms with Crippen molar-refractivity contribution < 1.29 is 19.1 Å². The van der Waals surface area contributed by atoms with Gasteiger partial charge in [-0.3, -0.25) is 9.59 Å². The molecule has 0 aliphatic rings. The van der Waals surface area contributed by atoms with Crippen molar-refractivity contribution in [3.05, 3.63) is 57.6 Å². The van der Waals surface area contributed by atoms with Crippen molar-refractivity contribution in [1.29, 1.82) is 0 Å². The zero-order valence-electron chi connectivity index (χ0n) is 17.3. The summed E-state index contributed by atoms with van der Waals surface area (Å²) in [6.45, 7) is 5.33. The van der Waals surface area contributed by atoms with Gasteiger partial charge >= 0.3 is 0 Å². The molecule has 2 rings (SSSR count). The first-order chi connectivity index (χ1) is 13.9. The van der Waals surface area contributed by atoms with Gasteiger partial charge in [0.25, 0.3) is 5.91 Å². The minimum atomic E-state index is -0.133. The molecule has 2 amide bonds. The molecule has 7 heteroatoms. The van der Waals surface area contributed by atoms with Crippen LogP contribution < -0.4 is 14.8 Å². The molecule has 0 aliphatic carbocycles. The van der Waals surface area contributed by atoms with Crippen LogP contribution in [0.1, 0.15) is 35.3 Å². The standard InChI is InChI=1S/C22H27BrN2O4/c1-5-28-19-11-17(18(23)13-20(19)29-6-2)12-21(26)25(4)14-15-7-9-16(10-8-15)22(27)24-3/h7-11,13H,5-6,12,14H2,1-4H3,(H,24,27). The summed E-state index contributed by atoms with van der Waals surface area (Å²) in [5.41, 5.74) is 2.38. The number of nitrogens with zero attached hydrogens (tertiary/aromatic N) is 1. The predicted octanol–water partition coefficient (Wildman–Crippen LogP) is 3.81. The molecular formula is C22H27BrN2O4. The topological polar surface area (TPSA) is 67.9 Å². The first-order valence-electron chi connectivity index (χ1n) is 9.52. The number of carbonyl (C=O) groups excluding carboxylic acids is 2. The van der Waals surface area contributed by atoms with Crippen molar-refractivity contribution in [3.8, 4) is 11.5 Å². The number of amides is 2. The molecule has 0 saturated carbocycles. The van der Waals surface area contributed by atoms with Gasteiger partial charge in [0.15, 0.2) is 11.5 Å². The van der Waals surface area contributed by atoms with E-state index in [1.807, 2.05) is 38.1 Å². The fourth-order valence-corrected chi connectivity index (χ4v) is 3.28. The SMILES string of the molecule is CCOc1cc(Br)c(CC(=O)N(C)Cc2ccc(C(=O)NC)cc2)cc1OCC. The third-order valence-corrected chi connectivity index (χ3v) is 5.08. The first-order valence-corrected chi connectivity index (χ1v) is 10.3. The summed E-state index contributed by atoms with van der Waals surface area (Å²) in [4.78, 5) is 26.0. The van der Waals surface area contributed by atoms with Gasteiger partial charge in [-0.1, -0.05) is 28.1 Å². The molecule has 2 aromatic carbocycles. The lowest BCUT2D eigenvalue weighted by atomic mass is 10.1. The molecule has 0 bridgehead atoms. The number of ether oxygens (including phenoxy) is 2. The molecule has 0 fully saturated rings. The largest absolute Gasteiger partial charge is 0.490 e. The Kier molecular flexibility index (Phi) is 8.51. The summed E-state index contributed by atoms with van der Waals surface area (Å²) in [7, 11) is 3.36. The van der Waals surface area contributed by atoms with Gasteiger partial charge in [0.1, 0.15) is 0 Å². The Morgan fingerprint density at radius 3 is 2.17 bits per heavy atom. The minimum Gasteiger partial charge on any atom is -0.490 e. The van der Waals surface area contributed by atoms with Crippen molar-refractivity contribution in [2.45, 2.75) is 26.8 Å². The number of hydrogen-bond acceptors (Lipinski definition) is 4. The van der Waals surface area contributed by atoms with E-state index < -0.39 is 0 Å². The molecule has 0 radical (unpaired) electrons. The second-order valence-corrected chi connectivity index (χ2v) is 7.31. The highest BCUT2D eigenvalue weighted by molar-refractivity contribution is 9.10.